The van der Waals surface area contributed by atoms with Crippen LogP contribution < -0.4 is 15.0 Å². The van der Waals surface area contributed by atoms with Gasteiger partial charge in [0.25, 0.3) is 17.7 Å². The molecule has 0 fully saturated rings. The molecule has 7 heteroatoms. The smallest absolute Gasteiger partial charge is 0.264 e. The summed E-state index contributed by atoms with van der Waals surface area (Å²) < 4.78 is 5.50. The second kappa shape index (κ2) is 7.44. The Morgan fingerprint density at radius 1 is 1.00 bits per heavy atom. The Bertz CT molecular complexity index is 921. The van der Waals surface area contributed by atoms with E-state index in [2.05, 4.69) is 5.32 Å². The molecule has 28 heavy (non-hydrogen) atoms. The minimum atomic E-state index is -0.229. The van der Waals surface area contributed by atoms with E-state index >= 15 is 0 Å². The van der Waals surface area contributed by atoms with Crippen LogP contribution in [0.1, 0.15) is 26.3 Å². The van der Waals surface area contributed by atoms with Crippen LogP contribution in [-0.2, 0) is 11.2 Å². The topological polar surface area (TPSA) is 79.0 Å². The maximum absolute atomic E-state index is 12.3. The van der Waals surface area contributed by atoms with Crippen molar-refractivity contribution in [3.05, 3.63) is 59.2 Å². The number of anilines is 1. The standard InChI is InChI=1S/C21H21N3O4/c1-23-17-7-6-14(12-18(17)28-13-19(23)25)8-9-22-10-11-24-20(26)15-4-2-3-5-16(15)21(24)27/h2-7,12,22H,8-11,13H2,1H3. The lowest BCUT2D eigenvalue weighted by Crippen LogP contribution is -2.36. The first-order chi connectivity index (χ1) is 13.6. The van der Waals surface area contributed by atoms with Crippen LogP contribution in [0.25, 0.3) is 0 Å². The number of carbonyl (C=O) groups excluding carboxylic acids is 3. The third-order valence-electron chi connectivity index (χ3n) is 5.09. The van der Waals surface area contributed by atoms with Gasteiger partial charge in [-0.3, -0.25) is 19.3 Å². The summed E-state index contributed by atoms with van der Waals surface area (Å²) in [5.41, 5.74) is 2.82. The maximum atomic E-state index is 12.3. The number of nitrogens with one attached hydrogen (secondary N) is 1. The van der Waals surface area contributed by atoms with Gasteiger partial charge in [0.1, 0.15) is 5.75 Å². The highest BCUT2D eigenvalue weighted by Crippen LogP contribution is 2.32. The second-order valence-corrected chi connectivity index (χ2v) is 6.85. The van der Waals surface area contributed by atoms with Gasteiger partial charge in [0.15, 0.2) is 6.61 Å². The molecule has 0 spiro atoms. The molecule has 2 heterocycles. The highest BCUT2D eigenvalue weighted by atomic mass is 16.5. The van der Waals surface area contributed by atoms with E-state index in [-0.39, 0.29) is 24.3 Å². The molecule has 4 rings (SSSR count). The van der Waals surface area contributed by atoms with Crippen LogP contribution in [0.2, 0.25) is 0 Å². The summed E-state index contributed by atoms with van der Waals surface area (Å²) >= 11 is 0. The Labute approximate surface area is 162 Å². The summed E-state index contributed by atoms with van der Waals surface area (Å²) in [5.74, 6) is 0.196. The van der Waals surface area contributed by atoms with Gasteiger partial charge in [-0.05, 0) is 42.8 Å². The van der Waals surface area contributed by atoms with Gasteiger partial charge in [0.05, 0.1) is 16.8 Å². The average Bonchev–Trinajstić information content (AvgIpc) is 2.95. The summed E-state index contributed by atoms with van der Waals surface area (Å²) in [6.07, 6.45) is 0.774. The lowest BCUT2D eigenvalue weighted by molar-refractivity contribution is -0.120. The van der Waals surface area contributed by atoms with Gasteiger partial charge >= 0.3 is 0 Å². The SMILES string of the molecule is CN1C(=O)COc2cc(CCNCCN3C(=O)c4ccccc4C3=O)ccc21. The minimum absolute atomic E-state index is 0.0601. The predicted octanol–water partition coefficient (Wildman–Crippen LogP) is 1.47. The van der Waals surface area contributed by atoms with Crippen molar-refractivity contribution in [3.8, 4) is 5.75 Å². The Kier molecular flexibility index (Phi) is 4.83. The average molecular weight is 379 g/mol. The number of benzene rings is 2. The Morgan fingerprint density at radius 2 is 1.71 bits per heavy atom. The summed E-state index contributed by atoms with van der Waals surface area (Å²) in [7, 11) is 1.74. The van der Waals surface area contributed by atoms with Crippen molar-refractivity contribution < 1.29 is 19.1 Å². The molecule has 3 amide bonds. The van der Waals surface area contributed by atoms with Crippen molar-refractivity contribution in [2.75, 3.05) is 38.2 Å². The minimum Gasteiger partial charge on any atom is -0.482 e. The van der Waals surface area contributed by atoms with E-state index in [0.717, 1.165) is 17.7 Å². The highest BCUT2D eigenvalue weighted by molar-refractivity contribution is 6.21. The molecule has 2 aromatic carbocycles. The molecule has 0 unspecified atom stereocenters. The third-order valence-corrected chi connectivity index (χ3v) is 5.09. The molecule has 0 bridgehead atoms. The molecule has 7 nitrogen and oxygen atoms in total. The molecule has 0 saturated heterocycles. The predicted molar refractivity (Wildman–Crippen MR) is 104 cm³/mol. The monoisotopic (exact) mass is 379 g/mol. The maximum Gasteiger partial charge on any atom is 0.264 e. The van der Waals surface area contributed by atoms with Crippen LogP contribution in [0.3, 0.4) is 0 Å². The van der Waals surface area contributed by atoms with E-state index in [1.807, 2.05) is 18.2 Å². The van der Waals surface area contributed by atoms with Gasteiger partial charge in [0, 0.05) is 20.1 Å². The molecule has 0 aromatic heterocycles. The number of hydrogen-bond donors (Lipinski definition) is 1. The third kappa shape index (κ3) is 3.25. The van der Waals surface area contributed by atoms with Crippen molar-refractivity contribution in [3.63, 3.8) is 0 Å². The van der Waals surface area contributed by atoms with E-state index in [4.69, 9.17) is 4.74 Å². The lowest BCUT2D eigenvalue weighted by Gasteiger charge is -2.26. The fraction of sp³-hybridized carbons (Fsp3) is 0.286. The Hall–Kier alpha value is -3.19. The van der Waals surface area contributed by atoms with Crippen molar-refractivity contribution in [1.29, 1.82) is 0 Å². The van der Waals surface area contributed by atoms with Gasteiger partial charge in [-0.1, -0.05) is 18.2 Å². The van der Waals surface area contributed by atoms with E-state index in [1.54, 1.807) is 36.2 Å². The summed E-state index contributed by atoms with van der Waals surface area (Å²) in [6, 6.07) is 12.7. The molecule has 0 saturated carbocycles. The molecule has 0 radical (unpaired) electrons. The Balaban J connectivity index is 1.27. The molecule has 2 aromatic rings. The normalized spacial score (nSPS) is 15.5. The van der Waals surface area contributed by atoms with E-state index < -0.39 is 0 Å². The van der Waals surface area contributed by atoms with Gasteiger partial charge in [-0.2, -0.15) is 0 Å². The molecular weight excluding hydrogens is 358 g/mol. The van der Waals surface area contributed by atoms with Gasteiger partial charge in [-0.25, -0.2) is 0 Å². The first-order valence-electron chi connectivity index (χ1n) is 9.24. The quantitative estimate of drug-likeness (QED) is 0.607. The van der Waals surface area contributed by atoms with Crippen LogP contribution in [0, 0.1) is 0 Å². The molecular formula is C21H21N3O4. The highest BCUT2D eigenvalue weighted by Gasteiger charge is 2.34. The zero-order valence-corrected chi connectivity index (χ0v) is 15.6. The number of ether oxygens (including phenoxy) is 1. The summed E-state index contributed by atoms with van der Waals surface area (Å²) in [5, 5.41) is 3.27. The zero-order chi connectivity index (χ0) is 19.7. The second-order valence-electron chi connectivity index (χ2n) is 6.85. The lowest BCUT2D eigenvalue weighted by atomic mass is 10.1. The summed E-state index contributed by atoms with van der Waals surface area (Å²) in [4.78, 5) is 39.2. The first kappa shape index (κ1) is 18.2. The van der Waals surface area contributed by atoms with E-state index in [0.29, 0.717) is 36.5 Å². The molecule has 2 aliphatic rings. The van der Waals surface area contributed by atoms with Crippen LogP contribution in [0.5, 0.6) is 5.75 Å². The van der Waals surface area contributed by atoms with Gasteiger partial charge < -0.3 is 15.0 Å². The fourth-order valence-corrected chi connectivity index (χ4v) is 3.47. The van der Waals surface area contributed by atoms with E-state index in [1.165, 1.54) is 4.90 Å². The number of amides is 3. The fourth-order valence-electron chi connectivity index (χ4n) is 3.47. The molecule has 2 aliphatic heterocycles. The van der Waals surface area contributed by atoms with Crippen LogP contribution >= 0.6 is 0 Å². The number of fused-ring (bicyclic) bond motifs is 2. The zero-order valence-electron chi connectivity index (χ0n) is 15.6. The summed E-state index contributed by atoms with van der Waals surface area (Å²) in [6.45, 7) is 1.64. The van der Waals surface area contributed by atoms with E-state index in [9.17, 15) is 14.4 Å². The van der Waals surface area contributed by atoms with Crippen LogP contribution in [0.4, 0.5) is 5.69 Å². The van der Waals surface area contributed by atoms with Gasteiger partial charge in [0.2, 0.25) is 0 Å². The number of nitrogens with zero attached hydrogens (tertiary/aromatic N) is 2. The van der Waals surface area contributed by atoms with Gasteiger partial charge in [-0.15, -0.1) is 0 Å². The number of carbonyl (C=O) groups is 3. The molecule has 0 atom stereocenters. The number of imide groups is 1. The number of hydrogen-bond acceptors (Lipinski definition) is 5. The number of rotatable bonds is 6. The largest absolute Gasteiger partial charge is 0.482 e. The molecule has 0 aliphatic carbocycles. The van der Waals surface area contributed by atoms with Crippen LogP contribution in [0.15, 0.2) is 42.5 Å². The first-order valence-corrected chi connectivity index (χ1v) is 9.24. The molecule has 1 N–H and O–H groups in total. The van der Waals surface area contributed by atoms with Crippen molar-refractivity contribution in [2.24, 2.45) is 0 Å². The van der Waals surface area contributed by atoms with Crippen LogP contribution in [-0.4, -0.2) is 55.9 Å². The number of likely N-dealkylation sites (N-methyl/N-ethyl adjacent to an activating group) is 1. The molecule has 144 valence electrons. The Morgan fingerprint density at radius 3 is 2.43 bits per heavy atom. The van der Waals surface area contributed by atoms with Crippen molar-refractivity contribution >= 4 is 23.4 Å². The van der Waals surface area contributed by atoms with Crippen molar-refractivity contribution in [1.82, 2.24) is 10.2 Å². The van der Waals surface area contributed by atoms with Crippen molar-refractivity contribution in [2.45, 2.75) is 6.42 Å².